The molecule has 0 radical (unpaired) electrons. The lowest BCUT2D eigenvalue weighted by atomic mass is 9.44. The van der Waals surface area contributed by atoms with Gasteiger partial charge < -0.3 is 9.47 Å². The summed E-state index contributed by atoms with van der Waals surface area (Å²) in [5.41, 5.74) is 1.10. The first kappa shape index (κ1) is 17.0. The molecule has 2 nitrogen and oxygen atoms in total. The van der Waals surface area contributed by atoms with Crippen molar-refractivity contribution in [3.8, 4) is 0 Å². The van der Waals surface area contributed by atoms with Gasteiger partial charge in [0.2, 0.25) is 0 Å². The molecule has 1 heterocycles. The average Bonchev–Trinajstić information content (AvgIpc) is 3.18. The molecule has 5 aliphatic rings. The molecule has 25 heavy (non-hydrogen) atoms. The summed E-state index contributed by atoms with van der Waals surface area (Å²) in [5, 5.41) is 0. The molecule has 0 aromatic heterocycles. The largest absolute Gasteiger partial charge is 0.348 e. The second-order valence-electron chi connectivity index (χ2n) is 10.8. The van der Waals surface area contributed by atoms with Gasteiger partial charge in [0.15, 0.2) is 5.79 Å². The number of rotatable bonds is 1. The quantitative estimate of drug-likeness (QED) is 0.597. The third-order valence-corrected chi connectivity index (χ3v) is 10.1. The third-order valence-electron chi connectivity index (χ3n) is 10.1. The van der Waals surface area contributed by atoms with Crippen molar-refractivity contribution in [2.75, 3.05) is 13.2 Å². The van der Waals surface area contributed by atoms with Gasteiger partial charge in [0, 0.05) is 5.92 Å². The van der Waals surface area contributed by atoms with Gasteiger partial charge in [-0.25, -0.2) is 0 Å². The van der Waals surface area contributed by atoms with Crippen molar-refractivity contribution in [3.63, 3.8) is 0 Å². The van der Waals surface area contributed by atoms with Crippen LogP contribution in [-0.2, 0) is 9.47 Å². The molecular formula is C23H38O2. The molecule has 5 fully saturated rings. The van der Waals surface area contributed by atoms with Gasteiger partial charge in [-0.2, -0.15) is 0 Å². The summed E-state index contributed by atoms with van der Waals surface area (Å²) in [6.07, 6.45) is 14.7. The fraction of sp³-hybridized carbons (Fsp3) is 1.00. The maximum absolute atomic E-state index is 6.16. The maximum Gasteiger partial charge on any atom is 0.169 e. The molecule has 0 spiro atoms. The zero-order valence-electron chi connectivity index (χ0n) is 16.7. The summed E-state index contributed by atoms with van der Waals surface area (Å²) < 4.78 is 12.3. The minimum absolute atomic E-state index is 0.303. The molecule has 0 aromatic carbocycles. The van der Waals surface area contributed by atoms with Crippen LogP contribution in [0.25, 0.3) is 0 Å². The highest BCUT2D eigenvalue weighted by molar-refractivity contribution is 5.10. The first-order valence-electron chi connectivity index (χ1n) is 11.3. The molecule has 1 saturated heterocycles. The number of hydrogen-bond donors (Lipinski definition) is 0. The summed E-state index contributed by atoms with van der Waals surface area (Å²) in [5.74, 6) is 4.23. The highest BCUT2D eigenvalue weighted by Crippen LogP contribution is 2.69. The predicted molar refractivity (Wildman–Crippen MR) is 100 cm³/mol. The molecule has 5 rings (SSSR count). The van der Waals surface area contributed by atoms with Crippen molar-refractivity contribution in [2.45, 2.75) is 90.8 Å². The maximum atomic E-state index is 6.16. The van der Waals surface area contributed by atoms with Crippen LogP contribution in [0, 0.1) is 40.4 Å². The van der Waals surface area contributed by atoms with E-state index in [0.29, 0.717) is 16.7 Å². The van der Waals surface area contributed by atoms with Gasteiger partial charge in [0.05, 0.1) is 13.2 Å². The normalized spacial score (nSPS) is 54.6. The van der Waals surface area contributed by atoms with Crippen molar-refractivity contribution in [2.24, 2.45) is 40.4 Å². The molecule has 4 aliphatic carbocycles. The SMILES string of the molecule is CC1(C2CC[C@H]3C4CCC5CCCC[C@]5(C)[C@H]4CCC23C)OCCO1. The van der Waals surface area contributed by atoms with E-state index < -0.39 is 0 Å². The van der Waals surface area contributed by atoms with E-state index >= 15 is 0 Å². The fourth-order valence-corrected chi connectivity index (χ4v) is 8.89. The Bertz CT molecular complexity index is 524. The molecule has 0 bridgehead atoms. The van der Waals surface area contributed by atoms with Gasteiger partial charge in [0.25, 0.3) is 0 Å². The first-order valence-corrected chi connectivity index (χ1v) is 11.3. The van der Waals surface area contributed by atoms with E-state index in [2.05, 4.69) is 20.8 Å². The van der Waals surface area contributed by atoms with E-state index in [4.69, 9.17) is 9.47 Å². The van der Waals surface area contributed by atoms with Crippen molar-refractivity contribution >= 4 is 0 Å². The molecule has 0 N–H and O–H groups in total. The molecular weight excluding hydrogens is 308 g/mol. The van der Waals surface area contributed by atoms with Crippen LogP contribution in [-0.4, -0.2) is 19.0 Å². The Morgan fingerprint density at radius 2 is 1.44 bits per heavy atom. The van der Waals surface area contributed by atoms with E-state index in [9.17, 15) is 0 Å². The van der Waals surface area contributed by atoms with E-state index in [1.165, 1.54) is 64.2 Å². The van der Waals surface area contributed by atoms with Crippen LogP contribution in [0.4, 0.5) is 0 Å². The van der Waals surface area contributed by atoms with Crippen molar-refractivity contribution in [1.82, 2.24) is 0 Å². The summed E-state index contributed by atoms with van der Waals surface area (Å²) in [6, 6.07) is 0. The highest BCUT2D eigenvalue weighted by Gasteiger charge is 2.63. The molecule has 0 amide bonds. The Kier molecular flexibility index (Phi) is 3.89. The van der Waals surface area contributed by atoms with Crippen molar-refractivity contribution in [3.05, 3.63) is 0 Å². The number of fused-ring (bicyclic) bond motifs is 5. The van der Waals surface area contributed by atoms with Crippen molar-refractivity contribution in [1.29, 1.82) is 0 Å². The van der Waals surface area contributed by atoms with Gasteiger partial charge >= 0.3 is 0 Å². The van der Waals surface area contributed by atoms with Gasteiger partial charge in [-0.05, 0) is 92.8 Å². The average molecular weight is 347 g/mol. The molecule has 0 aromatic rings. The monoisotopic (exact) mass is 346 g/mol. The lowest BCUT2D eigenvalue weighted by Gasteiger charge is -2.61. The smallest absolute Gasteiger partial charge is 0.169 e. The second kappa shape index (κ2) is 5.71. The Hall–Kier alpha value is -0.0800. The Morgan fingerprint density at radius 1 is 0.680 bits per heavy atom. The van der Waals surface area contributed by atoms with E-state index in [0.717, 1.165) is 36.9 Å². The van der Waals surface area contributed by atoms with Crippen LogP contribution >= 0.6 is 0 Å². The summed E-state index contributed by atoms with van der Waals surface area (Å²) in [6.45, 7) is 9.12. The summed E-state index contributed by atoms with van der Waals surface area (Å²) in [4.78, 5) is 0. The molecule has 142 valence electrons. The number of hydrogen-bond acceptors (Lipinski definition) is 2. The third kappa shape index (κ3) is 2.29. The Balaban J connectivity index is 1.43. The van der Waals surface area contributed by atoms with Gasteiger partial charge in [-0.3, -0.25) is 0 Å². The number of ether oxygens (including phenoxy) is 2. The molecule has 7 atom stereocenters. The van der Waals surface area contributed by atoms with Gasteiger partial charge in [-0.15, -0.1) is 0 Å². The molecule has 4 unspecified atom stereocenters. The first-order chi connectivity index (χ1) is 12.0. The Labute approximate surface area is 154 Å². The van der Waals surface area contributed by atoms with E-state index in [-0.39, 0.29) is 5.79 Å². The standard InChI is InChI=1S/C23H38O2/c1-21-12-5-4-6-16(21)7-8-17-18-9-10-20(23(3)24-14-15-25-23)22(18,2)13-11-19(17)21/h16-20H,4-15H2,1-3H3/t16?,17?,18-,19-,20?,21-,22?/m0/s1. The minimum atomic E-state index is -0.303. The fourth-order valence-electron chi connectivity index (χ4n) is 8.89. The lowest BCUT2D eigenvalue weighted by molar-refractivity contribution is -0.218. The van der Waals surface area contributed by atoms with Crippen LogP contribution in [0.1, 0.15) is 85.0 Å². The highest BCUT2D eigenvalue weighted by atomic mass is 16.7. The topological polar surface area (TPSA) is 18.5 Å². The summed E-state index contributed by atoms with van der Waals surface area (Å²) in [7, 11) is 0. The zero-order chi connectivity index (χ0) is 17.3. The molecule has 2 heteroatoms. The van der Waals surface area contributed by atoms with Gasteiger partial charge in [0.1, 0.15) is 0 Å². The van der Waals surface area contributed by atoms with Crippen LogP contribution in [0.5, 0.6) is 0 Å². The molecule has 1 aliphatic heterocycles. The minimum Gasteiger partial charge on any atom is -0.348 e. The van der Waals surface area contributed by atoms with E-state index in [1.807, 2.05) is 0 Å². The van der Waals surface area contributed by atoms with Crippen molar-refractivity contribution < 1.29 is 9.47 Å². The predicted octanol–water partition coefficient (Wildman–Crippen LogP) is 5.80. The summed E-state index contributed by atoms with van der Waals surface area (Å²) >= 11 is 0. The lowest BCUT2D eigenvalue weighted by Crippen LogP contribution is -2.54. The van der Waals surface area contributed by atoms with Gasteiger partial charge in [-0.1, -0.05) is 26.7 Å². The van der Waals surface area contributed by atoms with Crippen LogP contribution in [0.15, 0.2) is 0 Å². The Morgan fingerprint density at radius 3 is 2.24 bits per heavy atom. The zero-order valence-corrected chi connectivity index (χ0v) is 16.7. The van der Waals surface area contributed by atoms with Crippen LogP contribution < -0.4 is 0 Å². The van der Waals surface area contributed by atoms with E-state index in [1.54, 1.807) is 0 Å². The molecule has 4 saturated carbocycles. The van der Waals surface area contributed by atoms with Crippen LogP contribution in [0.3, 0.4) is 0 Å². The van der Waals surface area contributed by atoms with Crippen LogP contribution in [0.2, 0.25) is 0 Å². The second-order valence-corrected chi connectivity index (χ2v) is 10.8.